The van der Waals surface area contributed by atoms with Gasteiger partial charge in [0.2, 0.25) is 11.6 Å². The molecule has 10 heteroatoms. The first-order chi connectivity index (χ1) is 18.7. The molecule has 0 fully saturated rings. The molecule has 0 saturated carbocycles. The SMILES string of the molecule is O=N/C(Nc1ccc(-c2ccc(N/C(N=O)=C(\NO)c3ccccc3)cc2)cc1)=C(/NO)c1ccccc1. The topological polar surface area (TPSA) is 147 Å². The van der Waals surface area contributed by atoms with Crippen LogP contribution in [0.25, 0.3) is 22.5 Å². The van der Waals surface area contributed by atoms with Gasteiger partial charge in [0, 0.05) is 22.5 Å². The second kappa shape index (κ2) is 12.6. The summed E-state index contributed by atoms with van der Waals surface area (Å²) in [6, 6.07) is 32.3. The van der Waals surface area contributed by atoms with E-state index in [0.29, 0.717) is 22.5 Å². The summed E-state index contributed by atoms with van der Waals surface area (Å²) in [5.41, 5.74) is 8.57. The fourth-order valence-corrected chi connectivity index (χ4v) is 3.75. The smallest absolute Gasteiger partial charge is 0.201 e. The Morgan fingerprint density at radius 3 is 1.13 bits per heavy atom. The molecule has 4 aromatic rings. The maximum absolute atomic E-state index is 11.5. The van der Waals surface area contributed by atoms with Crippen LogP contribution >= 0.6 is 0 Å². The highest BCUT2D eigenvalue weighted by Crippen LogP contribution is 2.26. The molecule has 0 atom stereocenters. The number of rotatable bonds is 11. The number of benzene rings is 4. The highest BCUT2D eigenvalue weighted by atomic mass is 16.5. The van der Waals surface area contributed by atoms with E-state index in [-0.39, 0.29) is 23.0 Å². The maximum atomic E-state index is 11.5. The van der Waals surface area contributed by atoms with E-state index in [1.807, 2.05) is 47.4 Å². The van der Waals surface area contributed by atoms with Crippen LogP contribution in [0.3, 0.4) is 0 Å². The van der Waals surface area contributed by atoms with E-state index in [1.54, 1.807) is 72.8 Å². The van der Waals surface area contributed by atoms with Crippen molar-refractivity contribution >= 4 is 22.8 Å². The fraction of sp³-hybridized carbons (Fsp3) is 0. The number of hydrogen-bond acceptors (Lipinski definition) is 10. The van der Waals surface area contributed by atoms with E-state index in [0.717, 1.165) is 11.1 Å². The molecule has 4 rings (SSSR count). The van der Waals surface area contributed by atoms with Gasteiger partial charge in [-0.3, -0.25) is 21.4 Å². The van der Waals surface area contributed by atoms with Gasteiger partial charge in [0.05, 0.1) is 0 Å². The van der Waals surface area contributed by atoms with E-state index in [2.05, 4.69) is 21.0 Å². The predicted octanol–water partition coefficient (Wildman–Crippen LogP) is 6.32. The first-order valence-corrected chi connectivity index (χ1v) is 11.5. The molecule has 6 N–H and O–H groups in total. The van der Waals surface area contributed by atoms with Crippen molar-refractivity contribution in [3.05, 3.63) is 142 Å². The zero-order chi connectivity index (χ0) is 26.7. The summed E-state index contributed by atoms with van der Waals surface area (Å²) in [6.07, 6.45) is 0. The quantitative estimate of drug-likeness (QED) is 0.102. The number of anilines is 2. The van der Waals surface area contributed by atoms with Crippen LogP contribution in [0.5, 0.6) is 0 Å². The number of nitrogens with zero attached hydrogens (tertiary/aromatic N) is 2. The molecule has 0 spiro atoms. The van der Waals surface area contributed by atoms with Crippen molar-refractivity contribution in [2.24, 2.45) is 10.4 Å². The summed E-state index contributed by atoms with van der Waals surface area (Å²) >= 11 is 0. The van der Waals surface area contributed by atoms with Gasteiger partial charge in [-0.2, -0.15) is 0 Å². The van der Waals surface area contributed by atoms with Gasteiger partial charge in [0.25, 0.3) is 0 Å². The third kappa shape index (κ3) is 6.08. The lowest BCUT2D eigenvalue weighted by Gasteiger charge is -2.12. The van der Waals surface area contributed by atoms with E-state index >= 15 is 0 Å². The maximum Gasteiger partial charge on any atom is 0.201 e. The highest BCUT2D eigenvalue weighted by Gasteiger charge is 2.12. The molecular formula is C28H24N6O4. The van der Waals surface area contributed by atoms with Crippen molar-refractivity contribution in [2.45, 2.75) is 0 Å². The molecule has 10 nitrogen and oxygen atoms in total. The lowest BCUT2D eigenvalue weighted by Crippen LogP contribution is -2.12. The molecule has 0 amide bonds. The second-order valence-electron chi connectivity index (χ2n) is 7.99. The number of nitroso groups, excluding NO2 is 2. The summed E-state index contributed by atoms with van der Waals surface area (Å²) in [5, 5.41) is 31.0. The Bertz CT molecular complexity index is 1330. The lowest BCUT2D eigenvalue weighted by atomic mass is 10.0. The molecule has 0 aliphatic carbocycles. The summed E-state index contributed by atoms with van der Waals surface area (Å²) < 4.78 is 0. The van der Waals surface area contributed by atoms with Crippen LogP contribution < -0.4 is 21.6 Å². The molecule has 0 bridgehead atoms. The third-order valence-corrected chi connectivity index (χ3v) is 5.63. The van der Waals surface area contributed by atoms with Crippen molar-refractivity contribution in [2.75, 3.05) is 10.6 Å². The molecule has 38 heavy (non-hydrogen) atoms. The number of hydrogen-bond donors (Lipinski definition) is 6. The summed E-state index contributed by atoms with van der Waals surface area (Å²) in [5.74, 6) is -0.136. The first-order valence-electron chi connectivity index (χ1n) is 11.5. The molecule has 0 saturated heterocycles. The van der Waals surface area contributed by atoms with Gasteiger partial charge in [-0.15, -0.1) is 9.81 Å². The number of hydroxylamine groups is 2. The number of nitrogens with one attached hydrogen (secondary N) is 4. The van der Waals surface area contributed by atoms with Crippen molar-refractivity contribution < 1.29 is 10.4 Å². The second-order valence-corrected chi connectivity index (χ2v) is 7.99. The molecule has 0 aliphatic rings. The van der Waals surface area contributed by atoms with Crippen LogP contribution in [0.15, 0.2) is 131 Å². The van der Waals surface area contributed by atoms with Gasteiger partial charge in [0.1, 0.15) is 11.4 Å². The van der Waals surface area contributed by atoms with E-state index < -0.39 is 0 Å². The Morgan fingerprint density at radius 2 is 0.842 bits per heavy atom. The van der Waals surface area contributed by atoms with Gasteiger partial charge < -0.3 is 10.6 Å². The molecule has 190 valence electrons. The molecule has 0 radical (unpaired) electrons. The van der Waals surface area contributed by atoms with Gasteiger partial charge in [-0.25, -0.2) is 0 Å². The van der Waals surface area contributed by atoms with Gasteiger partial charge in [-0.1, -0.05) is 84.9 Å². The third-order valence-electron chi connectivity index (χ3n) is 5.63. The van der Waals surface area contributed by atoms with Crippen LogP contribution in [0.4, 0.5) is 11.4 Å². The van der Waals surface area contributed by atoms with Gasteiger partial charge in [-0.05, 0) is 45.7 Å². The minimum Gasteiger partial charge on any atom is -0.336 e. The Labute approximate surface area is 218 Å². The Kier molecular flexibility index (Phi) is 8.53. The molecular weight excluding hydrogens is 484 g/mol. The van der Waals surface area contributed by atoms with Crippen LogP contribution in [-0.4, -0.2) is 10.4 Å². The van der Waals surface area contributed by atoms with Crippen LogP contribution in [0.2, 0.25) is 0 Å². The van der Waals surface area contributed by atoms with Gasteiger partial charge >= 0.3 is 0 Å². The molecule has 0 heterocycles. The Morgan fingerprint density at radius 1 is 0.500 bits per heavy atom. The summed E-state index contributed by atoms with van der Waals surface area (Å²) in [4.78, 5) is 22.9. The first kappa shape index (κ1) is 25.8. The van der Waals surface area contributed by atoms with Crippen LogP contribution in [0.1, 0.15) is 11.1 Å². The van der Waals surface area contributed by atoms with Crippen LogP contribution in [-0.2, 0) is 0 Å². The lowest BCUT2D eigenvalue weighted by molar-refractivity contribution is 0.223. The normalized spacial score (nSPS) is 11.9. The van der Waals surface area contributed by atoms with Crippen molar-refractivity contribution in [1.82, 2.24) is 11.0 Å². The minimum absolute atomic E-state index is 0.0678. The van der Waals surface area contributed by atoms with Gasteiger partial charge in [0.15, 0.2) is 0 Å². The highest BCUT2D eigenvalue weighted by molar-refractivity contribution is 5.73. The zero-order valence-corrected chi connectivity index (χ0v) is 20.0. The van der Waals surface area contributed by atoms with E-state index in [9.17, 15) is 20.2 Å². The van der Waals surface area contributed by atoms with E-state index in [1.165, 1.54) is 0 Å². The molecule has 0 aliphatic heterocycles. The molecule has 0 unspecified atom stereocenters. The standard InChI is InChI=1S/C28H24N6O4/c35-31-25(21-7-3-1-4-8-21)27(33-37)29-23-15-11-19(12-16-23)20-13-17-24(18-14-20)30-28(34-38)26(32-36)22-9-5-2-6-10-22/h1-18,29-32,35-36H/b27-25+,28-26+. The summed E-state index contributed by atoms with van der Waals surface area (Å²) in [7, 11) is 0. The fourth-order valence-electron chi connectivity index (χ4n) is 3.75. The largest absolute Gasteiger partial charge is 0.336 e. The van der Waals surface area contributed by atoms with Crippen molar-refractivity contribution in [1.29, 1.82) is 0 Å². The summed E-state index contributed by atoms with van der Waals surface area (Å²) in [6.45, 7) is 0. The monoisotopic (exact) mass is 508 g/mol. The van der Waals surface area contributed by atoms with Crippen LogP contribution in [0, 0.1) is 9.81 Å². The molecule has 0 aromatic heterocycles. The van der Waals surface area contributed by atoms with E-state index in [4.69, 9.17) is 0 Å². The zero-order valence-electron chi connectivity index (χ0n) is 20.0. The average molecular weight is 509 g/mol. The average Bonchev–Trinajstić information content (AvgIpc) is 2.98. The van der Waals surface area contributed by atoms with Crippen molar-refractivity contribution in [3.8, 4) is 11.1 Å². The molecule has 4 aromatic carbocycles. The van der Waals surface area contributed by atoms with Crippen molar-refractivity contribution in [3.63, 3.8) is 0 Å². The minimum atomic E-state index is -0.0678. The Balaban J connectivity index is 1.50. The predicted molar refractivity (Wildman–Crippen MR) is 147 cm³/mol. The Hall–Kier alpha value is -5.32.